The Morgan fingerprint density at radius 1 is 1.19 bits per heavy atom. The van der Waals surface area contributed by atoms with Gasteiger partial charge in [-0.3, -0.25) is 4.79 Å². The summed E-state index contributed by atoms with van der Waals surface area (Å²) in [5.74, 6) is 0.553. The van der Waals surface area contributed by atoms with Crippen molar-refractivity contribution in [1.82, 2.24) is 9.97 Å². The van der Waals surface area contributed by atoms with Crippen molar-refractivity contribution in [2.45, 2.75) is 55.4 Å². The van der Waals surface area contributed by atoms with Gasteiger partial charge in [0.25, 0.3) is 5.56 Å². The molecule has 0 amide bonds. The van der Waals surface area contributed by atoms with Gasteiger partial charge in [0.05, 0.1) is 16.2 Å². The number of hydrogen-bond acceptors (Lipinski definition) is 4. The van der Waals surface area contributed by atoms with Gasteiger partial charge in [-0.25, -0.2) is 4.98 Å². The quantitative estimate of drug-likeness (QED) is 0.798. The zero-order valence-electron chi connectivity index (χ0n) is 15.1. The first-order valence-electron chi connectivity index (χ1n) is 9.34. The number of aromatic amines is 1. The van der Waals surface area contributed by atoms with Gasteiger partial charge < -0.3 is 9.88 Å². The first-order valence-corrected chi connectivity index (χ1v) is 10.5. The molecule has 2 heterocycles. The number of H-pyrrole nitrogens is 1. The summed E-state index contributed by atoms with van der Waals surface area (Å²) in [7, 11) is 0. The molecule has 2 aromatic rings. The number of aryl methyl sites for hydroxylation is 1. The Hall–Kier alpha value is -1.46. The van der Waals surface area contributed by atoms with Crippen LogP contribution >= 0.6 is 23.4 Å². The molecule has 4 nitrogen and oxygen atoms in total. The SMILES string of the molecule is Cc1cccc(Sc2cnc(N3CCC4(CCCC4)CC3)c(=O)[nH]2)c1Cl. The highest BCUT2D eigenvalue weighted by molar-refractivity contribution is 7.99. The van der Waals surface area contributed by atoms with E-state index >= 15 is 0 Å². The first-order chi connectivity index (χ1) is 12.6. The summed E-state index contributed by atoms with van der Waals surface area (Å²) in [5, 5.41) is 1.44. The van der Waals surface area contributed by atoms with Gasteiger partial charge in [0.2, 0.25) is 0 Å². The summed E-state index contributed by atoms with van der Waals surface area (Å²) >= 11 is 7.80. The fourth-order valence-electron chi connectivity index (χ4n) is 4.29. The highest BCUT2D eigenvalue weighted by Gasteiger charge is 2.37. The molecule has 0 unspecified atom stereocenters. The molecule has 0 atom stereocenters. The molecule has 26 heavy (non-hydrogen) atoms. The van der Waals surface area contributed by atoms with E-state index in [2.05, 4.69) is 14.9 Å². The Morgan fingerprint density at radius 2 is 1.92 bits per heavy atom. The van der Waals surface area contributed by atoms with Crippen LogP contribution in [-0.4, -0.2) is 23.1 Å². The normalized spacial score (nSPS) is 19.2. The van der Waals surface area contributed by atoms with Gasteiger partial charge in [-0.2, -0.15) is 0 Å². The van der Waals surface area contributed by atoms with Crippen molar-refractivity contribution in [2.24, 2.45) is 5.41 Å². The van der Waals surface area contributed by atoms with Crippen LogP contribution in [0, 0.1) is 12.3 Å². The molecule has 2 aliphatic rings. The van der Waals surface area contributed by atoms with Crippen LogP contribution in [0.5, 0.6) is 0 Å². The summed E-state index contributed by atoms with van der Waals surface area (Å²) in [4.78, 5) is 23.1. The van der Waals surface area contributed by atoms with Crippen LogP contribution < -0.4 is 10.5 Å². The van der Waals surface area contributed by atoms with E-state index in [0.717, 1.165) is 33.6 Å². The van der Waals surface area contributed by atoms with Crippen molar-refractivity contribution in [1.29, 1.82) is 0 Å². The number of rotatable bonds is 3. The molecule has 1 aliphatic heterocycles. The maximum absolute atomic E-state index is 12.6. The zero-order chi connectivity index (χ0) is 18.1. The number of anilines is 1. The van der Waals surface area contributed by atoms with Gasteiger partial charge in [0.15, 0.2) is 5.82 Å². The Kier molecular flexibility index (Phi) is 5.02. The number of aromatic nitrogens is 2. The number of piperidine rings is 1. The molecule has 1 saturated carbocycles. The number of benzene rings is 1. The van der Waals surface area contributed by atoms with Crippen molar-refractivity contribution in [3.05, 3.63) is 45.3 Å². The molecule has 1 spiro atoms. The molecule has 1 aromatic heterocycles. The predicted octanol–water partition coefficient (Wildman–Crippen LogP) is 5.04. The molecular formula is C20H24ClN3OS. The summed E-state index contributed by atoms with van der Waals surface area (Å²) in [6, 6.07) is 5.90. The number of nitrogens with zero attached hydrogens (tertiary/aromatic N) is 2. The minimum atomic E-state index is -0.110. The van der Waals surface area contributed by atoms with E-state index < -0.39 is 0 Å². The van der Waals surface area contributed by atoms with Crippen LogP contribution in [0.2, 0.25) is 5.02 Å². The maximum atomic E-state index is 12.6. The number of halogens is 1. The largest absolute Gasteiger partial charge is 0.352 e. The van der Waals surface area contributed by atoms with Gasteiger partial charge in [0.1, 0.15) is 0 Å². The van der Waals surface area contributed by atoms with Crippen LogP contribution in [0.4, 0.5) is 5.82 Å². The Bertz CT molecular complexity index is 850. The lowest BCUT2D eigenvalue weighted by atomic mass is 9.77. The Morgan fingerprint density at radius 3 is 2.62 bits per heavy atom. The van der Waals surface area contributed by atoms with E-state index in [1.807, 2.05) is 25.1 Å². The lowest BCUT2D eigenvalue weighted by Crippen LogP contribution is -2.41. The van der Waals surface area contributed by atoms with E-state index in [1.165, 1.54) is 50.3 Å². The second-order valence-electron chi connectivity index (χ2n) is 7.58. The molecule has 138 valence electrons. The fraction of sp³-hybridized carbons (Fsp3) is 0.500. The Labute approximate surface area is 163 Å². The molecule has 1 aromatic carbocycles. The lowest BCUT2D eigenvalue weighted by Gasteiger charge is -2.39. The van der Waals surface area contributed by atoms with Crippen LogP contribution in [0.1, 0.15) is 44.1 Å². The van der Waals surface area contributed by atoms with Crippen molar-refractivity contribution in [3.63, 3.8) is 0 Å². The van der Waals surface area contributed by atoms with Gasteiger partial charge in [0, 0.05) is 18.0 Å². The molecule has 2 fully saturated rings. The Balaban J connectivity index is 1.48. The van der Waals surface area contributed by atoms with Gasteiger partial charge >= 0.3 is 0 Å². The molecule has 0 bridgehead atoms. The molecule has 0 radical (unpaired) electrons. The molecule has 1 aliphatic carbocycles. The topological polar surface area (TPSA) is 49.0 Å². The van der Waals surface area contributed by atoms with Crippen molar-refractivity contribution >= 4 is 29.2 Å². The van der Waals surface area contributed by atoms with E-state index in [9.17, 15) is 4.79 Å². The lowest BCUT2D eigenvalue weighted by molar-refractivity contribution is 0.226. The second-order valence-corrected chi connectivity index (χ2v) is 9.05. The third kappa shape index (κ3) is 3.52. The fourth-order valence-corrected chi connectivity index (χ4v) is 5.42. The summed E-state index contributed by atoms with van der Waals surface area (Å²) in [5.41, 5.74) is 1.46. The van der Waals surface area contributed by atoms with Crippen LogP contribution in [-0.2, 0) is 0 Å². The van der Waals surface area contributed by atoms with E-state index in [1.54, 1.807) is 6.20 Å². The number of nitrogens with one attached hydrogen (secondary N) is 1. The monoisotopic (exact) mass is 389 g/mol. The van der Waals surface area contributed by atoms with Crippen molar-refractivity contribution in [3.8, 4) is 0 Å². The summed E-state index contributed by atoms with van der Waals surface area (Å²) in [6.45, 7) is 3.85. The average Bonchev–Trinajstić information content (AvgIpc) is 3.08. The second kappa shape index (κ2) is 7.28. The summed E-state index contributed by atoms with van der Waals surface area (Å²) in [6.07, 6.45) is 9.57. The highest BCUT2D eigenvalue weighted by atomic mass is 35.5. The molecule has 1 saturated heterocycles. The minimum Gasteiger partial charge on any atom is -0.352 e. The number of hydrogen-bond donors (Lipinski definition) is 1. The van der Waals surface area contributed by atoms with Gasteiger partial charge in [-0.05, 0) is 49.7 Å². The maximum Gasteiger partial charge on any atom is 0.291 e. The van der Waals surface area contributed by atoms with Gasteiger partial charge in [-0.15, -0.1) is 0 Å². The highest BCUT2D eigenvalue weighted by Crippen LogP contribution is 2.46. The molecule has 4 rings (SSSR count). The molecular weight excluding hydrogens is 366 g/mol. The average molecular weight is 390 g/mol. The van der Waals surface area contributed by atoms with E-state index in [0.29, 0.717) is 11.2 Å². The van der Waals surface area contributed by atoms with Gasteiger partial charge in [-0.1, -0.05) is 48.3 Å². The standard InChI is InChI=1S/C20H24ClN3OS/c1-14-5-4-6-15(17(14)21)26-16-13-22-18(19(25)23-16)24-11-9-20(10-12-24)7-2-3-8-20/h4-6,13H,2-3,7-12H2,1H3,(H,23,25). The van der Waals surface area contributed by atoms with Crippen LogP contribution in [0.3, 0.4) is 0 Å². The summed E-state index contributed by atoms with van der Waals surface area (Å²) < 4.78 is 0. The predicted molar refractivity (Wildman–Crippen MR) is 108 cm³/mol. The van der Waals surface area contributed by atoms with Crippen molar-refractivity contribution in [2.75, 3.05) is 18.0 Å². The minimum absolute atomic E-state index is 0.110. The third-order valence-corrected chi connectivity index (χ3v) is 7.51. The van der Waals surface area contributed by atoms with E-state index in [4.69, 9.17) is 11.6 Å². The van der Waals surface area contributed by atoms with Crippen molar-refractivity contribution < 1.29 is 0 Å². The smallest absolute Gasteiger partial charge is 0.291 e. The van der Waals surface area contributed by atoms with Crippen LogP contribution in [0.15, 0.2) is 39.1 Å². The van der Waals surface area contributed by atoms with E-state index in [-0.39, 0.29) is 5.56 Å². The first kappa shape index (κ1) is 17.9. The molecule has 1 N–H and O–H groups in total. The third-order valence-electron chi connectivity index (χ3n) is 5.91. The zero-order valence-corrected chi connectivity index (χ0v) is 16.6. The molecule has 6 heteroatoms. The van der Waals surface area contributed by atoms with Crippen LogP contribution in [0.25, 0.3) is 0 Å².